The van der Waals surface area contributed by atoms with Crippen LogP contribution in [0.2, 0.25) is 5.02 Å². The molecule has 0 amide bonds. The van der Waals surface area contributed by atoms with Gasteiger partial charge in [-0.1, -0.05) is 29.8 Å². The minimum atomic E-state index is -0.498. The molecule has 0 saturated carbocycles. The quantitative estimate of drug-likeness (QED) is 0.657. The van der Waals surface area contributed by atoms with Gasteiger partial charge in [-0.25, -0.2) is 0 Å². The van der Waals surface area contributed by atoms with Crippen LogP contribution in [-0.4, -0.2) is 6.16 Å². The lowest BCUT2D eigenvalue weighted by Crippen LogP contribution is -1.91. The second kappa shape index (κ2) is 3.92. The molecule has 0 nitrogen and oxygen atoms in total. The lowest BCUT2D eigenvalue weighted by molar-refractivity contribution is 1.52. The van der Waals surface area contributed by atoms with Gasteiger partial charge in [0.05, 0.1) is 9.64 Å². The summed E-state index contributed by atoms with van der Waals surface area (Å²) in [6.07, 6.45) is 0.997. The van der Waals surface area contributed by atoms with E-state index in [0.717, 1.165) is 15.8 Å². The molecular formula is C6H7Cl2PS. The largest absolute Gasteiger partial charge is 0.141 e. The van der Waals surface area contributed by atoms with E-state index >= 15 is 0 Å². The van der Waals surface area contributed by atoms with Crippen LogP contribution in [0.1, 0.15) is 6.92 Å². The molecule has 1 atom stereocenters. The van der Waals surface area contributed by atoms with Gasteiger partial charge in [0.25, 0.3) is 0 Å². The monoisotopic (exact) mass is 212 g/mol. The van der Waals surface area contributed by atoms with Crippen LogP contribution >= 0.6 is 41.5 Å². The third-order valence-corrected chi connectivity index (χ3v) is 6.11. The molecule has 0 aliphatic rings. The highest BCUT2D eigenvalue weighted by Gasteiger charge is 2.09. The molecule has 10 heavy (non-hydrogen) atoms. The van der Waals surface area contributed by atoms with Crippen molar-refractivity contribution in [2.24, 2.45) is 0 Å². The van der Waals surface area contributed by atoms with Crippen LogP contribution in [0.5, 0.6) is 0 Å². The molecule has 0 N–H and O–H groups in total. The van der Waals surface area contributed by atoms with Crippen molar-refractivity contribution in [1.82, 2.24) is 0 Å². The zero-order valence-corrected chi connectivity index (χ0v) is 8.70. The van der Waals surface area contributed by atoms with Crippen LogP contribution in [0.3, 0.4) is 0 Å². The molecular weight excluding hydrogens is 206 g/mol. The van der Waals surface area contributed by atoms with Crippen molar-refractivity contribution < 1.29 is 0 Å². The fourth-order valence-electron chi connectivity index (χ4n) is 0.602. The Kier molecular flexibility index (Phi) is 3.45. The smallest absolute Gasteiger partial charge is 0.0619 e. The molecule has 0 aliphatic carbocycles. The molecule has 0 aromatic carbocycles. The number of thiophene rings is 1. The third kappa shape index (κ3) is 1.85. The van der Waals surface area contributed by atoms with E-state index in [1.54, 1.807) is 11.3 Å². The summed E-state index contributed by atoms with van der Waals surface area (Å²) >= 11 is 13.5. The van der Waals surface area contributed by atoms with Gasteiger partial charge in [0.15, 0.2) is 0 Å². The predicted octanol–water partition coefficient (Wildman–Crippen LogP) is 3.68. The summed E-state index contributed by atoms with van der Waals surface area (Å²) in [6, 6.07) is 1.90. The lowest BCUT2D eigenvalue weighted by Gasteiger charge is -2.02. The van der Waals surface area contributed by atoms with Gasteiger partial charge in [-0.2, -0.15) is 0 Å². The molecule has 0 fully saturated rings. The fourth-order valence-corrected chi connectivity index (χ4v) is 4.08. The van der Waals surface area contributed by atoms with E-state index in [-0.39, 0.29) is 0 Å². The van der Waals surface area contributed by atoms with Crippen LogP contribution < -0.4 is 4.62 Å². The third-order valence-electron chi connectivity index (χ3n) is 1.10. The Hall–Kier alpha value is 0.710. The lowest BCUT2D eigenvalue weighted by atomic mass is 10.7. The van der Waals surface area contributed by atoms with Crippen molar-refractivity contribution in [3.8, 4) is 0 Å². The molecule has 1 aromatic rings. The topological polar surface area (TPSA) is 0 Å². The molecule has 4 heteroatoms. The Morgan fingerprint density at radius 3 is 2.80 bits per heavy atom. The van der Waals surface area contributed by atoms with Crippen molar-refractivity contribution in [2.75, 3.05) is 6.16 Å². The van der Waals surface area contributed by atoms with Crippen LogP contribution in [0.25, 0.3) is 0 Å². The van der Waals surface area contributed by atoms with E-state index in [1.165, 1.54) is 0 Å². The zero-order valence-electron chi connectivity index (χ0n) is 5.47. The van der Waals surface area contributed by atoms with E-state index in [0.29, 0.717) is 0 Å². The highest BCUT2D eigenvalue weighted by molar-refractivity contribution is 7.93. The maximum Gasteiger partial charge on any atom is 0.0619 e. The summed E-state index contributed by atoms with van der Waals surface area (Å²) in [5.74, 6) is 0. The molecule has 1 rings (SSSR count). The summed E-state index contributed by atoms with van der Waals surface area (Å²) in [5.41, 5.74) is 0. The second-order valence-corrected chi connectivity index (χ2v) is 6.41. The predicted molar refractivity (Wildman–Crippen MR) is 52.3 cm³/mol. The van der Waals surface area contributed by atoms with E-state index in [2.05, 4.69) is 6.92 Å². The number of hydrogen-bond acceptors (Lipinski definition) is 1. The molecule has 1 heterocycles. The van der Waals surface area contributed by atoms with Crippen LogP contribution in [-0.2, 0) is 0 Å². The second-order valence-electron chi connectivity index (χ2n) is 1.75. The Morgan fingerprint density at radius 2 is 2.40 bits per heavy atom. The summed E-state index contributed by atoms with van der Waals surface area (Å²) in [6.45, 7) is 2.08. The van der Waals surface area contributed by atoms with E-state index in [4.69, 9.17) is 22.8 Å². The van der Waals surface area contributed by atoms with Crippen molar-refractivity contribution >= 4 is 46.1 Å². The minimum Gasteiger partial charge on any atom is -0.141 e. The van der Waals surface area contributed by atoms with E-state index in [9.17, 15) is 0 Å². The number of rotatable bonds is 2. The molecule has 1 unspecified atom stereocenters. The number of halogens is 2. The normalized spacial score (nSPS) is 13.5. The first-order valence-corrected chi connectivity index (χ1v) is 6.61. The average molecular weight is 213 g/mol. The Labute approximate surface area is 75.7 Å². The van der Waals surface area contributed by atoms with Gasteiger partial charge in [0.2, 0.25) is 0 Å². The first-order valence-electron chi connectivity index (χ1n) is 2.92. The average Bonchev–Trinajstić information content (AvgIpc) is 2.34. The fraction of sp³-hybridized carbons (Fsp3) is 0.333. The minimum absolute atomic E-state index is 0.498. The molecule has 0 spiro atoms. The van der Waals surface area contributed by atoms with Crippen molar-refractivity contribution in [2.45, 2.75) is 6.92 Å². The van der Waals surface area contributed by atoms with Crippen LogP contribution in [0.4, 0.5) is 0 Å². The van der Waals surface area contributed by atoms with Crippen molar-refractivity contribution in [3.05, 3.63) is 16.5 Å². The molecule has 0 aliphatic heterocycles. The molecule has 0 bridgehead atoms. The van der Waals surface area contributed by atoms with E-state index in [1.807, 2.05) is 11.4 Å². The van der Waals surface area contributed by atoms with Gasteiger partial charge in [-0.15, -0.1) is 11.3 Å². The first-order chi connectivity index (χ1) is 4.75. The Bertz CT molecular complexity index is 211. The highest BCUT2D eigenvalue weighted by Crippen LogP contribution is 2.43. The summed E-state index contributed by atoms with van der Waals surface area (Å²) in [4.78, 5) is 0. The SMILES string of the molecule is CCP(Cl)c1sccc1Cl. The number of hydrogen-bond donors (Lipinski definition) is 0. The van der Waals surface area contributed by atoms with Gasteiger partial charge in [-0.05, 0) is 17.6 Å². The van der Waals surface area contributed by atoms with Crippen molar-refractivity contribution in [1.29, 1.82) is 0 Å². The Balaban J connectivity index is 2.82. The summed E-state index contributed by atoms with van der Waals surface area (Å²) in [5, 5.41) is 2.80. The summed E-state index contributed by atoms with van der Waals surface area (Å²) < 4.78 is 1.15. The van der Waals surface area contributed by atoms with Gasteiger partial charge >= 0.3 is 0 Å². The molecule has 1 aromatic heterocycles. The van der Waals surface area contributed by atoms with Gasteiger partial charge in [0.1, 0.15) is 0 Å². The molecule has 56 valence electrons. The molecule has 0 radical (unpaired) electrons. The van der Waals surface area contributed by atoms with Gasteiger partial charge < -0.3 is 0 Å². The first kappa shape index (κ1) is 8.80. The van der Waals surface area contributed by atoms with E-state index < -0.39 is 7.27 Å². The van der Waals surface area contributed by atoms with Crippen molar-refractivity contribution in [3.63, 3.8) is 0 Å². The standard InChI is InChI=1S/C6H7Cl2PS/c1-2-9(8)6-5(7)3-4-10-6/h3-4H,2H2,1H3. The highest BCUT2D eigenvalue weighted by atomic mass is 35.7. The van der Waals surface area contributed by atoms with Gasteiger partial charge in [-0.3, -0.25) is 0 Å². The van der Waals surface area contributed by atoms with Crippen LogP contribution in [0.15, 0.2) is 11.4 Å². The van der Waals surface area contributed by atoms with Crippen LogP contribution in [0, 0.1) is 0 Å². The van der Waals surface area contributed by atoms with Gasteiger partial charge in [0, 0.05) is 7.27 Å². The summed E-state index contributed by atoms with van der Waals surface area (Å²) in [7, 11) is -0.498. The maximum atomic E-state index is 6.03. The Morgan fingerprint density at radius 1 is 1.70 bits per heavy atom. The zero-order chi connectivity index (χ0) is 7.56. The molecule has 0 saturated heterocycles. The maximum absolute atomic E-state index is 6.03.